The Morgan fingerprint density at radius 3 is 2.71 bits per heavy atom. The van der Waals surface area contributed by atoms with Gasteiger partial charge in [0, 0.05) is 31.3 Å². The van der Waals surface area contributed by atoms with E-state index in [1.807, 2.05) is 0 Å². The van der Waals surface area contributed by atoms with Crippen LogP contribution in [0.1, 0.15) is 24.4 Å². The van der Waals surface area contributed by atoms with Crippen molar-refractivity contribution in [3.8, 4) is 0 Å². The number of hydrogen-bond donors (Lipinski definition) is 4. The van der Waals surface area contributed by atoms with Crippen LogP contribution in [0.25, 0.3) is 0 Å². The first-order valence-electron chi connectivity index (χ1n) is 7.47. The minimum atomic E-state index is -1.18. The number of hydrogen-bond acceptors (Lipinski definition) is 6. The second-order valence-corrected chi connectivity index (χ2v) is 5.90. The van der Waals surface area contributed by atoms with Gasteiger partial charge in [0.05, 0.1) is 12.1 Å². The second kappa shape index (κ2) is 6.97. The van der Waals surface area contributed by atoms with Crippen molar-refractivity contribution in [2.24, 2.45) is 5.73 Å². The number of rotatable bonds is 5. The van der Waals surface area contributed by atoms with Gasteiger partial charge in [0.25, 0.3) is 5.56 Å². The van der Waals surface area contributed by atoms with Crippen LogP contribution >= 0.6 is 0 Å². The van der Waals surface area contributed by atoms with Crippen LogP contribution < -0.4 is 17.0 Å². The monoisotopic (exact) mass is 340 g/mol. The van der Waals surface area contributed by atoms with Crippen LogP contribution in [0.15, 0.2) is 15.8 Å². The minimum Gasteiger partial charge on any atom is -0.480 e. The first-order valence-corrected chi connectivity index (χ1v) is 7.47. The van der Waals surface area contributed by atoms with Gasteiger partial charge in [-0.05, 0) is 13.3 Å². The number of nitrogens with one attached hydrogen (secondary N) is 1. The maximum Gasteiger partial charge on any atom is 0.328 e. The molecular weight excluding hydrogens is 320 g/mol. The first kappa shape index (κ1) is 17.9. The molecule has 1 aliphatic rings. The zero-order chi connectivity index (χ0) is 18.0. The Bertz CT molecular complexity index is 754. The predicted octanol–water partition coefficient (Wildman–Crippen LogP) is -2.22. The summed E-state index contributed by atoms with van der Waals surface area (Å²) >= 11 is 0. The Hall–Kier alpha value is -2.46. The SMILES string of the molecule is Cc1cn([C@@H]2CN(C(=O)CC[C@@H](N)C(=O)O)C[C@H]2O)c(=O)[nH]c1=O. The van der Waals surface area contributed by atoms with E-state index >= 15 is 0 Å². The van der Waals surface area contributed by atoms with Gasteiger partial charge in [-0.25, -0.2) is 4.79 Å². The fourth-order valence-electron chi connectivity index (χ4n) is 2.64. The van der Waals surface area contributed by atoms with E-state index in [0.717, 1.165) is 0 Å². The fraction of sp³-hybridized carbons (Fsp3) is 0.571. The van der Waals surface area contributed by atoms with Crippen LogP contribution in [-0.2, 0) is 9.59 Å². The Balaban J connectivity index is 2.08. The third-order valence-corrected chi connectivity index (χ3v) is 4.10. The highest BCUT2D eigenvalue weighted by Gasteiger charge is 2.35. The number of nitrogens with two attached hydrogens (primary N) is 1. The lowest BCUT2D eigenvalue weighted by molar-refractivity contribution is -0.139. The van der Waals surface area contributed by atoms with Crippen molar-refractivity contribution in [1.29, 1.82) is 0 Å². The summed E-state index contributed by atoms with van der Waals surface area (Å²) in [5.41, 5.74) is 4.52. The molecule has 0 radical (unpaired) electrons. The number of nitrogens with zero attached hydrogens (tertiary/aromatic N) is 2. The smallest absolute Gasteiger partial charge is 0.328 e. The van der Waals surface area contributed by atoms with Crippen molar-refractivity contribution in [2.75, 3.05) is 13.1 Å². The Morgan fingerprint density at radius 1 is 1.42 bits per heavy atom. The van der Waals surface area contributed by atoms with Crippen molar-refractivity contribution >= 4 is 11.9 Å². The van der Waals surface area contributed by atoms with Crippen LogP contribution in [0.3, 0.4) is 0 Å². The van der Waals surface area contributed by atoms with Crippen molar-refractivity contribution in [3.63, 3.8) is 0 Å². The number of aliphatic carboxylic acids is 1. The molecule has 0 unspecified atom stereocenters. The topological polar surface area (TPSA) is 159 Å². The molecule has 1 saturated heterocycles. The number of β-amino-alcohol motifs (C(OH)–C–C–N with tert-alkyl or cyclic N) is 1. The fourth-order valence-corrected chi connectivity index (χ4v) is 2.64. The summed E-state index contributed by atoms with van der Waals surface area (Å²) in [7, 11) is 0. The van der Waals surface area contributed by atoms with Crippen LogP contribution in [0.2, 0.25) is 0 Å². The molecule has 0 spiro atoms. The van der Waals surface area contributed by atoms with E-state index in [0.29, 0.717) is 5.56 Å². The van der Waals surface area contributed by atoms with Crippen molar-refractivity contribution in [1.82, 2.24) is 14.5 Å². The summed E-state index contributed by atoms with van der Waals surface area (Å²) < 4.78 is 1.21. The Morgan fingerprint density at radius 2 is 2.08 bits per heavy atom. The zero-order valence-electron chi connectivity index (χ0n) is 13.1. The number of aliphatic hydroxyl groups excluding tert-OH is 1. The molecule has 2 rings (SSSR count). The van der Waals surface area contributed by atoms with Crippen molar-refractivity contribution < 1.29 is 19.8 Å². The third kappa shape index (κ3) is 3.71. The lowest BCUT2D eigenvalue weighted by Crippen LogP contribution is -2.37. The maximum absolute atomic E-state index is 12.1. The molecule has 1 fully saturated rings. The number of carbonyl (C=O) groups is 2. The van der Waals surface area contributed by atoms with E-state index in [1.165, 1.54) is 22.6 Å². The van der Waals surface area contributed by atoms with E-state index in [4.69, 9.17) is 10.8 Å². The number of amides is 1. The summed E-state index contributed by atoms with van der Waals surface area (Å²) in [6.45, 7) is 1.65. The lowest BCUT2D eigenvalue weighted by Gasteiger charge is -2.18. The lowest BCUT2D eigenvalue weighted by atomic mass is 10.1. The molecule has 0 aliphatic carbocycles. The van der Waals surface area contributed by atoms with Gasteiger partial charge in [-0.15, -0.1) is 0 Å². The Labute approximate surface area is 136 Å². The summed E-state index contributed by atoms with van der Waals surface area (Å²) in [6.07, 6.45) is 0.309. The van der Waals surface area contributed by atoms with Crippen LogP contribution in [0.4, 0.5) is 0 Å². The molecular formula is C14H20N4O6. The van der Waals surface area contributed by atoms with E-state index in [2.05, 4.69) is 4.98 Å². The molecule has 0 aromatic carbocycles. The summed E-state index contributed by atoms with van der Waals surface area (Å²) in [4.78, 5) is 49.6. The molecule has 1 aliphatic heterocycles. The average molecular weight is 340 g/mol. The van der Waals surface area contributed by atoms with Gasteiger partial charge in [0.2, 0.25) is 5.91 Å². The van der Waals surface area contributed by atoms with E-state index in [1.54, 1.807) is 0 Å². The number of H-pyrrole nitrogens is 1. The van der Waals surface area contributed by atoms with Gasteiger partial charge in [-0.2, -0.15) is 0 Å². The molecule has 2 heterocycles. The molecule has 24 heavy (non-hydrogen) atoms. The van der Waals surface area contributed by atoms with Crippen LogP contribution in [0, 0.1) is 6.92 Å². The molecule has 0 bridgehead atoms. The minimum absolute atomic E-state index is 0.0108. The quantitative estimate of drug-likeness (QED) is 0.472. The van der Waals surface area contributed by atoms with Gasteiger partial charge in [0.15, 0.2) is 0 Å². The normalized spacial score (nSPS) is 21.7. The van der Waals surface area contributed by atoms with Crippen molar-refractivity contribution in [3.05, 3.63) is 32.6 Å². The number of carbonyl (C=O) groups excluding carboxylic acids is 1. The first-order chi connectivity index (χ1) is 11.2. The van der Waals surface area contributed by atoms with E-state index < -0.39 is 35.4 Å². The number of likely N-dealkylation sites (tertiary alicyclic amines) is 1. The molecule has 1 amide bonds. The molecule has 10 heteroatoms. The van der Waals surface area contributed by atoms with Crippen LogP contribution in [0.5, 0.6) is 0 Å². The second-order valence-electron chi connectivity index (χ2n) is 5.90. The molecule has 5 N–H and O–H groups in total. The summed E-state index contributed by atoms with van der Waals surface area (Å²) in [6, 6.07) is -1.80. The van der Waals surface area contributed by atoms with Crippen molar-refractivity contribution in [2.45, 2.75) is 38.0 Å². The number of aliphatic hydroxyl groups is 1. The van der Waals surface area contributed by atoms with Gasteiger partial charge in [-0.1, -0.05) is 0 Å². The maximum atomic E-state index is 12.1. The highest BCUT2D eigenvalue weighted by Crippen LogP contribution is 2.21. The molecule has 10 nitrogen and oxygen atoms in total. The summed E-state index contributed by atoms with van der Waals surface area (Å²) in [5, 5.41) is 18.9. The molecule has 1 aromatic rings. The zero-order valence-corrected chi connectivity index (χ0v) is 13.1. The van der Waals surface area contributed by atoms with E-state index in [-0.39, 0.29) is 31.8 Å². The predicted molar refractivity (Wildman–Crippen MR) is 82.5 cm³/mol. The van der Waals surface area contributed by atoms with Gasteiger partial charge < -0.3 is 20.8 Å². The number of carboxylic acids is 1. The standard InChI is InChI=1S/C14H20N4O6/c1-7-4-18(14(24)16-12(7)21)9-5-17(6-10(9)19)11(20)3-2-8(15)13(22)23/h4,8-10,19H,2-3,5-6,15H2,1H3,(H,22,23)(H,16,21,24)/t8-,9-,10-/m1/s1. The molecule has 1 aromatic heterocycles. The Kier molecular flexibility index (Phi) is 5.20. The summed E-state index contributed by atoms with van der Waals surface area (Å²) in [5.74, 6) is -1.53. The molecule has 3 atom stereocenters. The van der Waals surface area contributed by atoms with E-state index in [9.17, 15) is 24.3 Å². The number of aryl methyl sites for hydroxylation is 1. The molecule has 132 valence electrons. The van der Waals surface area contributed by atoms with Gasteiger partial charge in [-0.3, -0.25) is 23.9 Å². The largest absolute Gasteiger partial charge is 0.480 e. The highest BCUT2D eigenvalue weighted by atomic mass is 16.4. The third-order valence-electron chi connectivity index (χ3n) is 4.10. The van der Waals surface area contributed by atoms with Gasteiger partial charge >= 0.3 is 11.7 Å². The van der Waals surface area contributed by atoms with Gasteiger partial charge in [0.1, 0.15) is 6.04 Å². The highest BCUT2D eigenvalue weighted by molar-refractivity contribution is 5.78. The average Bonchev–Trinajstić information content (AvgIpc) is 2.89. The number of carboxylic acid groups (broad SMARTS) is 1. The number of aromatic nitrogens is 2. The van der Waals surface area contributed by atoms with Crippen LogP contribution in [-0.4, -0.2) is 61.8 Å². The number of aromatic amines is 1. The molecule has 0 saturated carbocycles.